The number of hydrogen-bond donors (Lipinski definition) is 0. The molecule has 3 rings (SSSR count). The average molecular weight is 304 g/mol. The molecule has 2 heteroatoms. The van der Waals surface area contributed by atoms with Crippen molar-refractivity contribution in [2.75, 3.05) is 6.26 Å². The third-order valence-electron chi connectivity index (χ3n) is 3.60. The molecule has 0 aliphatic carbocycles. The van der Waals surface area contributed by atoms with Gasteiger partial charge in [-0.05, 0) is 23.4 Å². The van der Waals surface area contributed by atoms with Crippen LogP contribution in [0.3, 0.4) is 0 Å². The van der Waals surface area contributed by atoms with E-state index < -0.39 is 0 Å². The zero-order valence-corrected chi connectivity index (χ0v) is 13.1. The van der Waals surface area contributed by atoms with Crippen LogP contribution in [0.1, 0.15) is 15.9 Å². The Morgan fingerprint density at radius 1 is 0.727 bits per heavy atom. The number of carbonyl (C=O) groups excluding carboxylic acids is 1. The fourth-order valence-electron chi connectivity index (χ4n) is 2.44. The van der Waals surface area contributed by atoms with Gasteiger partial charge in [-0.3, -0.25) is 4.79 Å². The number of benzene rings is 3. The summed E-state index contributed by atoms with van der Waals surface area (Å²) in [5.41, 5.74) is 3.78. The highest BCUT2D eigenvalue weighted by Crippen LogP contribution is 2.30. The topological polar surface area (TPSA) is 17.1 Å². The van der Waals surface area contributed by atoms with Crippen LogP contribution in [0.15, 0.2) is 83.8 Å². The van der Waals surface area contributed by atoms with Crippen molar-refractivity contribution in [2.45, 2.75) is 4.90 Å². The predicted octanol–water partition coefficient (Wildman–Crippen LogP) is 5.31. The van der Waals surface area contributed by atoms with E-state index in [0.29, 0.717) is 0 Å². The van der Waals surface area contributed by atoms with Crippen molar-refractivity contribution < 1.29 is 4.79 Å². The molecule has 0 radical (unpaired) electrons. The van der Waals surface area contributed by atoms with Crippen LogP contribution in [0, 0.1) is 0 Å². The minimum Gasteiger partial charge on any atom is -0.289 e. The van der Waals surface area contributed by atoms with E-state index in [0.717, 1.165) is 16.7 Å². The van der Waals surface area contributed by atoms with Crippen LogP contribution in [-0.2, 0) is 0 Å². The van der Waals surface area contributed by atoms with Crippen LogP contribution in [0.25, 0.3) is 11.1 Å². The molecule has 0 heterocycles. The van der Waals surface area contributed by atoms with Crippen molar-refractivity contribution in [3.63, 3.8) is 0 Å². The molecule has 0 aliphatic heterocycles. The Bertz CT molecular complexity index is 776. The van der Waals surface area contributed by atoms with Gasteiger partial charge < -0.3 is 0 Å². The molecule has 0 spiro atoms. The number of carbonyl (C=O) groups is 1. The van der Waals surface area contributed by atoms with Crippen LogP contribution in [-0.4, -0.2) is 12.0 Å². The Morgan fingerprint density at radius 3 is 2.00 bits per heavy atom. The van der Waals surface area contributed by atoms with Crippen molar-refractivity contribution in [1.82, 2.24) is 0 Å². The molecule has 1 nitrogen and oxygen atoms in total. The first-order chi connectivity index (χ1) is 10.8. The average Bonchev–Trinajstić information content (AvgIpc) is 2.62. The van der Waals surface area contributed by atoms with Crippen LogP contribution in [0.5, 0.6) is 0 Å². The largest absolute Gasteiger partial charge is 0.289 e. The van der Waals surface area contributed by atoms with Crippen molar-refractivity contribution in [1.29, 1.82) is 0 Å². The molecular formula is C20H16OS. The molecule has 0 saturated heterocycles. The van der Waals surface area contributed by atoms with E-state index in [1.165, 1.54) is 10.5 Å². The van der Waals surface area contributed by atoms with E-state index in [1.54, 1.807) is 11.8 Å². The highest BCUT2D eigenvalue weighted by atomic mass is 32.2. The quantitative estimate of drug-likeness (QED) is 0.480. The summed E-state index contributed by atoms with van der Waals surface area (Å²) in [6.45, 7) is 0. The molecule has 0 amide bonds. The zero-order valence-electron chi connectivity index (χ0n) is 12.3. The predicted molar refractivity (Wildman–Crippen MR) is 93.5 cm³/mol. The summed E-state index contributed by atoms with van der Waals surface area (Å²) in [4.78, 5) is 13.7. The Labute approximate surface area is 135 Å². The molecule has 0 aromatic heterocycles. The standard InChI is InChI=1S/C20H16OS/c1-22-19-10-6-5-9-18(19)15-11-13-17(14-12-15)20(21)16-7-3-2-4-8-16/h2-14H,1H3. The first-order valence-electron chi connectivity index (χ1n) is 7.13. The fourth-order valence-corrected chi connectivity index (χ4v) is 3.06. The molecule has 0 aliphatic rings. The molecule has 0 unspecified atom stereocenters. The van der Waals surface area contributed by atoms with Gasteiger partial charge in [-0.15, -0.1) is 11.8 Å². The van der Waals surface area contributed by atoms with Gasteiger partial charge in [0.15, 0.2) is 5.78 Å². The summed E-state index contributed by atoms with van der Waals surface area (Å²) in [5.74, 6) is 0.0605. The number of ketones is 1. The Balaban J connectivity index is 1.92. The maximum absolute atomic E-state index is 12.4. The number of rotatable bonds is 4. The molecular weight excluding hydrogens is 288 g/mol. The highest BCUT2D eigenvalue weighted by molar-refractivity contribution is 7.98. The SMILES string of the molecule is CSc1ccccc1-c1ccc(C(=O)c2ccccc2)cc1. The van der Waals surface area contributed by atoms with Crippen molar-refractivity contribution in [2.24, 2.45) is 0 Å². The zero-order chi connectivity index (χ0) is 15.4. The van der Waals surface area contributed by atoms with E-state index in [2.05, 4.69) is 18.4 Å². The normalized spacial score (nSPS) is 10.4. The van der Waals surface area contributed by atoms with Gasteiger partial charge in [0.2, 0.25) is 0 Å². The van der Waals surface area contributed by atoms with Gasteiger partial charge in [0.1, 0.15) is 0 Å². The molecule has 0 N–H and O–H groups in total. The Kier molecular flexibility index (Phi) is 4.40. The van der Waals surface area contributed by atoms with Gasteiger partial charge in [0, 0.05) is 16.0 Å². The second-order valence-electron chi connectivity index (χ2n) is 4.97. The van der Waals surface area contributed by atoms with Crippen LogP contribution in [0.4, 0.5) is 0 Å². The van der Waals surface area contributed by atoms with Gasteiger partial charge in [-0.25, -0.2) is 0 Å². The monoisotopic (exact) mass is 304 g/mol. The van der Waals surface area contributed by atoms with E-state index >= 15 is 0 Å². The first kappa shape index (κ1) is 14.6. The summed E-state index contributed by atoms with van der Waals surface area (Å²) < 4.78 is 0. The lowest BCUT2D eigenvalue weighted by Crippen LogP contribution is -2.00. The number of thioether (sulfide) groups is 1. The summed E-state index contributed by atoms with van der Waals surface area (Å²) in [6, 6.07) is 25.5. The highest BCUT2D eigenvalue weighted by Gasteiger charge is 2.09. The van der Waals surface area contributed by atoms with E-state index in [4.69, 9.17) is 0 Å². The fraction of sp³-hybridized carbons (Fsp3) is 0.0500. The van der Waals surface area contributed by atoms with E-state index in [1.807, 2.05) is 66.7 Å². The molecule has 0 bridgehead atoms. The van der Waals surface area contributed by atoms with Crippen LogP contribution >= 0.6 is 11.8 Å². The minimum atomic E-state index is 0.0605. The maximum atomic E-state index is 12.4. The second kappa shape index (κ2) is 6.63. The molecule has 22 heavy (non-hydrogen) atoms. The van der Waals surface area contributed by atoms with Crippen molar-refractivity contribution >= 4 is 17.5 Å². The molecule has 3 aromatic carbocycles. The molecule has 108 valence electrons. The van der Waals surface area contributed by atoms with Gasteiger partial charge >= 0.3 is 0 Å². The van der Waals surface area contributed by atoms with Gasteiger partial charge in [-0.1, -0.05) is 72.8 Å². The Morgan fingerprint density at radius 2 is 1.32 bits per heavy atom. The molecule has 0 saturated carbocycles. The van der Waals surface area contributed by atoms with E-state index in [9.17, 15) is 4.79 Å². The van der Waals surface area contributed by atoms with Gasteiger partial charge in [0.05, 0.1) is 0 Å². The van der Waals surface area contributed by atoms with E-state index in [-0.39, 0.29) is 5.78 Å². The molecule has 0 atom stereocenters. The van der Waals surface area contributed by atoms with Crippen LogP contribution < -0.4 is 0 Å². The summed E-state index contributed by atoms with van der Waals surface area (Å²) in [5, 5.41) is 0. The minimum absolute atomic E-state index is 0.0605. The smallest absolute Gasteiger partial charge is 0.193 e. The third-order valence-corrected chi connectivity index (χ3v) is 4.40. The van der Waals surface area contributed by atoms with Crippen molar-refractivity contribution in [3.05, 3.63) is 90.0 Å². The van der Waals surface area contributed by atoms with Gasteiger partial charge in [-0.2, -0.15) is 0 Å². The summed E-state index contributed by atoms with van der Waals surface area (Å²) in [6.07, 6.45) is 2.08. The molecule has 0 fully saturated rings. The lowest BCUT2D eigenvalue weighted by molar-refractivity contribution is 0.103. The van der Waals surface area contributed by atoms with Crippen LogP contribution in [0.2, 0.25) is 0 Å². The summed E-state index contributed by atoms with van der Waals surface area (Å²) in [7, 11) is 0. The maximum Gasteiger partial charge on any atom is 0.193 e. The second-order valence-corrected chi connectivity index (χ2v) is 5.82. The van der Waals surface area contributed by atoms with Crippen molar-refractivity contribution in [3.8, 4) is 11.1 Å². The molecule has 3 aromatic rings. The first-order valence-corrected chi connectivity index (χ1v) is 8.35. The lowest BCUT2D eigenvalue weighted by Gasteiger charge is -2.08. The summed E-state index contributed by atoms with van der Waals surface area (Å²) >= 11 is 1.73. The third kappa shape index (κ3) is 2.97. The van der Waals surface area contributed by atoms with Gasteiger partial charge in [0.25, 0.3) is 0 Å². The lowest BCUT2D eigenvalue weighted by atomic mass is 9.99. The Hall–Kier alpha value is -2.32. The number of hydrogen-bond acceptors (Lipinski definition) is 2.